The lowest BCUT2D eigenvalue weighted by Crippen LogP contribution is -2.46. The summed E-state index contributed by atoms with van der Waals surface area (Å²) in [5, 5.41) is 10.3. The first kappa shape index (κ1) is 14.6. The van der Waals surface area contributed by atoms with Gasteiger partial charge in [-0.15, -0.1) is 0 Å². The van der Waals surface area contributed by atoms with Crippen molar-refractivity contribution >= 4 is 5.97 Å². The van der Waals surface area contributed by atoms with E-state index in [4.69, 9.17) is 0 Å². The van der Waals surface area contributed by atoms with E-state index in [0.717, 1.165) is 5.56 Å². The lowest BCUT2D eigenvalue weighted by Gasteiger charge is -2.29. The van der Waals surface area contributed by atoms with Gasteiger partial charge in [0, 0.05) is 6.42 Å². The number of aliphatic hydroxyl groups is 1. The largest absolute Gasteiger partial charge is 0.464 e. The molecular formula is C14H19FO3. The summed E-state index contributed by atoms with van der Waals surface area (Å²) in [6, 6.07) is 9.04. The van der Waals surface area contributed by atoms with Crippen molar-refractivity contribution in [2.24, 2.45) is 0 Å². The molecule has 1 aromatic rings. The molecule has 0 aliphatic rings. The van der Waals surface area contributed by atoms with Gasteiger partial charge in [0.25, 0.3) is 0 Å². The molecule has 0 amide bonds. The van der Waals surface area contributed by atoms with Gasteiger partial charge in [-0.3, -0.25) is 0 Å². The zero-order chi connectivity index (χ0) is 13.6. The molecule has 100 valence electrons. The fourth-order valence-electron chi connectivity index (χ4n) is 1.78. The normalized spacial score (nSPS) is 15.8. The quantitative estimate of drug-likeness (QED) is 0.792. The van der Waals surface area contributed by atoms with Crippen LogP contribution in [0.25, 0.3) is 0 Å². The monoisotopic (exact) mass is 254 g/mol. The summed E-state index contributed by atoms with van der Waals surface area (Å²) in [5.41, 5.74) is -0.929. The number of rotatable bonds is 6. The Morgan fingerprint density at radius 2 is 2.00 bits per heavy atom. The molecule has 0 heterocycles. The van der Waals surface area contributed by atoms with E-state index in [2.05, 4.69) is 4.74 Å². The van der Waals surface area contributed by atoms with E-state index in [9.17, 15) is 14.3 Å². The minimum absolute atomic E-state index is 0.0876. The van der Waals surface area contributed by atoms with Crippen molar-refractivity contribution in [3.05, 3.63) is 35.9 Å². The second-order valence-electron chi connectivity index (χ2n) is 4.23. The molecule has 1 aromatic carbocycles. The first-order valence-electron chi connectivity index (χ1n) is 6.10. The van der Waals surface area contributed by atoms with Crippen molar-refractivity contribution in [2.75, 3.05) is 6.61 Å². The summed E-state index contributed by atoms with van der Waals surface area (Å²) in [4.78, 5) is 11.4. The van der Waals surface area contributed by atoms with Gasteiger partial charge in [0.05, 0.1) is 6.61 Å². The van der Waals surface area contributed by atoms with E-state index >= 15 is 0 Å². The average molecular weight is 254 g/mol. The zero-order valence-electron chi connectivity index (χ0n) is 10.7. The Labute approximate surface area is 107 Å². The lowest BCUT2D eigenvalue weighted by molar-refractivity contribution is -0.160. The topological polar surface area (TPSA) is 46.5 Å². The van der Waals surface area contributed by atoms with Gasteiger partial charge in [-0.25, -0.2) is 9.18 Å². The van der Waals surface area contributed by atoms with Crippen LogP contribution in [0.1, 0.15) is 25.8 Å². The molecule has 0 spiro atoms. The second-order valence-corrected chi connectivity index (χ2v) is 4.23. The van der Waals surface area contributed by atoms with E-state index in [1.54, 1.807) is 26.0 Å². The van der Waals surface area contributed by atoms with Gasteiger partial charge in [0.15, 0.2) is 0 Å². The SMILES string of the molecule is CCOC(=O)C(F)C(O)(CC)Cc1ccccc1. The van der Waals surface area contributed by atoms with Crippen LogP contribution in [0.5, 0.6) is 0 Å². The molecule has 18 heavy (non-hydrogen) atoms. The Bertz CT molecular complexity index is 380. The molecule has 2 atom stereocenters. The number of benzene rings is 1. The lowest BCUT2D eigenvalue weighted by atomic mass is 9.87. The first-order valence-corrected chi connectivity index (χ1v) is 6.10. The number of ether oxygens (including phenoxy) is 1. The third kappa shape index (κ3) is 3.53. The Hall–Kier alpha value is -1.42. The zero-order valence-corrected chi connectivity index (χ0v) is 10.7. The Morgan fingerprint density at radius 3 is 2.50 bits per heavy atom. The number of hydrogen-bond acceptors (Lipinski definition) is 3. The third-order valence-corrected chi connectivity index (χ3v) is 2.93. The number of hydrogen-bond donors (Lipinski definition) is 1. The van der Waals surface area contributed by atoms with Crippen molar-refractivity contribution in [3.8, 4) is 0 Å². The van der Waals surface area contributed by atoms with Crippen LogP contribution in [0.3, 0.4) is 0 Å². The predicted octanol–water partition coefficient (Wildman–Crippen LogP) is 2.27. The maximum absolute atomic E-state index is 14.0. The minimum atomic E-state index is -2.03. The summed E-state index contributed by atoms with van der Waals surface area (Å²) in [7, 11) is 0. The molecule has 0 saturated carbocycles. The van der Waals surface area contributed by atoms with Gasteiger partial charge < -0.3 is 9.84 Å². The fourth-order valence-corrected chi connectivity index (χ4v) is 1.78. The maximum Gasteiger partial charge on any atom is 0.343 e. The molecule has 0 radical (unpaired) electrons. The van der Waals surface area contributed by atoms with E-state index < -0.39 is 17.7 Å². The summed E-state index contributed by atoms with van der Waals surface area (Å²) < 4.78 is 18.6. The van der Waals surface area contributed by atoms with Crippen LogP contribution in [0.2, 0.25) is 0 Å². The first-order chi connectivity index (χ1) is 8.53. The highest BCUT2D eigenvalue weighted by atomic mass is 19.1. The highest BCUT2D eigenvalue weighted by molar-refractivity contribution is 5.76. The van der Waals surface area contributed by atoms with Crippen molar-refractivity contribution in [1.82, 2.24) is 0 Å². The molecule has 1 N–H and O–H groups in total. The van der Waals surface area contributed by atoms with Gasteiger partial charge in [-0.2, -0.15) is 0 Å². The fraction of sp³-hybridized carbons (Fsp3) is 0.500. The number of halogens is 1. The molecule has 0 aliphatic carbocycles. The summed E-state index contributed by atoms with van der Waals surface area (Å²) in [6.07, 6.45) is -1.80. The van der Waals surface area contributed by atoms with Crippen LogP contribution >= 0.6 is 0 Å². The van der Waals surface area contributed by atoms with Crippen molar-refractivity contribution in [3.63, 3.8) is 0 Å². The van der Waals surface area contributed by atoms with Gasteiger partial charge in [-0.1, -0.05) is 37.3 Å². The van der Waals surface area contributed by atoms with Crippen LogP contribution in [-0.4, -0.2) is 29.5 Å². The average Bonchev–Trinajstić information content (AvgIpc) is 2.39. The Balaban J connectivity index is 2.81. The summed E-state index contributed by atoms with van der Waals surface area (Å²) in [5.74, 6) is -1.00. The highest BCUT2D eigenvalue weighted by Gasteiger charge is 2.41. The number of alkyl halides is 1. The van der Waals surface area contributed by atoms with E-state index in [-0.39, 0.29) is 19.4 Å². The minimum Gasteiger partial charge on any atom is -0.464 e. The van der Waals surface area contributed by atoms with E-state index in [1.165, 1.54) is 0 Å². The van der Waals surface area contributed by atoms with Crippen molar-refractivity contribution in [1.29, 1.82) is 0 Å². The van der Waals surface area contributed by atoms with Gasteiger partial charge >= 0.3 is 5.97 Å². The van der Waals surface area contributed by atoms with E-state index in [0.29, 0.717) is 0 Å². The summed E-state index contributed by atoms with van der Waals surface area (Å²) in [6.45, 7) is 3.35. The van der Waals surface area contributed by atoms with Gasteiger partial charge in [0.2, 0.25) is 6.17 Å². The molecule has 4 heteroatoms. The molecular weight excluding hydrogens is 235 g/mol. The molecule has 0 bridgehead atoms. The van der Waals surface area contributed by atoms with Crippen LogP contribution < -0.4 is 0 Å². The molecule has 0 aromatic heterocycles. The molecule has 0 aliphatic heterocycles. The van der Waals surface area contributed by atoms with Crippen LogP contribution in [0.15, 0.2) is 30.3 Å². The standard InChI is InChI=1S/C14H19FO3/c1-3-14(17,12(15)13(16)18-4-2)10-11-8-6-5-7-9-11/h5-9,12,17H,3-4,10H2,1-2H3. The van der Waals surface area contributed by atoms with Crippen molar-refractivity contribution in [2.45, 2.75) is 38.5 Å². The number of esters is 1. The van der Waals surface area contributed by atoms with Gasteiger partial charge in [0.1, 0.15) is 5.60 Å². The number of carbonyl (C=O) groups excluding carboxylic acids is 1. The Kier molecular flexibility index (Phi) is 5.28. The molecule has 0 fully saturated rings. The van der Waals surface area contributed by atoms with Crippen LogP contribution in [0.4, 0.5) is 4.39 Å². The molecule has 0 saturated heterocycles. The smallest absolute Gasteiger partial charge is 0.343 e. The maximum atomic E-state index is 14.0. The molecule has 2 unspecified atom stereocenters. The predicted molar refractivity (Wildman–Crippen MR) is 66.9 cm³/mol. The number of carbonyl (C=O) groups is 1. The molecule has 3 nitrogen and oxygen atoms in total. The molecule has 1 rings (SSSR count). The van der Waals surface area contributed by atoms with Crippen LogP contribution in [0, 0.1) is 0 Å². The highest BCUT2D eigenvalue weighted by Crippen LogP contribution is 2.24. The van der Waals surface area contributed by atoms with Gasteiger partial charge in [-0.05, 0) is 18.9 Å². The second kappa shape index (κ2) is 6.50. The van der Waals surface area contributed by atoms with E-state index in [1.807, 2.05) is 18.2 Å². The van der Waals surface area contributed by atoms with Crippen molar-refractivity contribution < 1.29 is 19.0 Å². The Morgan fingerprint density at radius 1 is 1.39 bits per heavy atom. The summed E-state index contributed by atoms with van der Waals surface area (Å²) >= 11 is 0. The van der Waals surface area contributed by atoms with Crippen LogP contribution in [-0.2, 0) is 16.0 Å². The third-order valence-electron chi connectivity index (χ3n) is 2.93.